The van der Waals surface area contributed by atoms with Crippen LogP contribution in [0.4, 0.5) is 0 Å². The maximum Gasteiger partial charge on any atom is 0.309 e. The molecule has 19 heavy (non-hydrogen) atoms. The summed E-state index contributed by atoms with van der Waals surface area (Å²) in [6.45, 7) is 5.35. The van der Waals surface area contributed by atoms with Gasteiger partial charge < -0.3 is 10.0 Å². The lowest BCUT2D eigenvalue weighted by Gasteiger charge is -2.22. The fraction of sp³-hybridized carbons (Fsp3) is 0.533. The van der Waals surface area contributed by atoms with E-state index in [1.165, 1.54) is 5.56 Å². The first-order valence-electron chi connectivity index (χ1n) is 6.47. The van der Waals surface area contributed by atoms with Crippen LogP contribution in [0.2, 0.25) is 0 Å². The summed E-state index contributed by atoms with van der Waals surface area (Å²) in [4.78, 5) is 13.2. The Hall–Kier alpha value is -0.870. The Morgan fingerprint density at radius 1 is 1.42 bits per heavy atom. The molecule has 0 fully saturated rings. The zero-order valence-electron chi connectivity index (χ0n) is 11.8. The quantitative estimate of drug-likeness (QED) is 0.828. The van der Waals surface area contributed by atoms with Gasteiger partial charge in [-0.05, 0) is 58.0 Å². The molecule has 0 spiro atoms. The van der Waals surface area contributed by atoms with E-state index in [2.05, 4.69) is 40.0 Å². The van der Waals surface area contributed by atoms with Crippen LogP contribution in [0, 0.1) is 5.41 Å². The van der Waals surface area contributed by atoms with Crippen LogP contribution in [0.25, 0.3) is 0 Å². The van der Waals surface area contributed by atoms with E-state index in [-0.39, 0.29) is 0 Å². The summed E-state index contributed by atoms with van der Waals surface area (Å²) in [5.74, 6) is -0.720. The van der Waals surface area contributed by atoms with Crippen LogP contribution in [0.3, 0.4) is 0 Å². The van der Waals surface area contributed by atoms with Gasteiger partial charge in [0.2, 0.25) is 0 Å². The van der Waals surface area contributed by atoms with Crippen molar-refractivity contribution in [3.63, 3.8) is 0 Å². The molecule has 0 aliphatic rings. The Balaban J connectivity index is 2.36. The third-order valence-electron chi connectivity index (χ3n) is 3.26. The van der Waals surface area contributed by atoms with Crippen LogP contribution in [0.1, 0.15) is 32.3 Å². The first-order valence-corrected chi connectivity index (χ1v) is 7.27. The van der Waals surface area contributed by atoms with Crippen LogP contribution in [-0.2, 0) is 11.3 Å². The minimum atomic E-state index is -0.720. The maximum absolute atomic E-state index is 11.0. The molecule has 106 valence electrons. The van der Waals surface area contributed by atoms with Gasteiger partial charge in [0.1, 0.15) is 0 Å². The minimum absolute atomic E-state index is 0.628. The SMILES string of the molecule is CN(CCCC(C)(C)C(=O)O)Cc1cccc(Br)c1. The summed E-state index contributed by atoms with van der Waals surface area (Å²) in [6, 6.07) is 8.25. The van der Waals surface area contributed by atoms with Gasteiger partial charge in [-0.1, -0.05) is 28.1 Å². The van der Waals surface area contributed by atoms with Crippen LogP contribution in [-0.4, -0.2) is 29.6 Å². The molecule has 0 aliphatic heterocycles. The van der Waals surface area contributed by atoms with Crippen molar-refractivity contribution in [1.29, 1.82) is 0 Å². The zero-order valence-corrected chi connectivity index (χ0v) is 13.4. The van der Waals surface area contributed by atoms with Crippen LogP contribution < -0.4 is 0 Å². The van der Waals surface area contributed by atoms with E-state index in [0.29, 0.717) is 6.42 Å². The fourth-order valence-electron chi connectivity index (χ4n) is 1.92. The van der Waals surface area contributed by atoms with E-state index >= 15 is 0 Å². The molecule has 0 unspecified atom stereocenters. The van der Waals surface area contributed by atoms with Gasteiger partial charge in [0.15, 0.2) is 0 Å². The second-order valence-corrected chi connectivity index (χ2v) is 6.58. The van der Waals surface area contributed by atoms with Crippen molar-refractivity contribution >= 4 is 21.9 Å². The van der Waals surface area contributed by atoms with Crippen LogP contribution in [0.5, 0.6) is 0 Å². The third-order valence-corrected chi connectivity index (χ3v) is 3.76. The van der Waals surface area contributed by atoms with Crippen LogP contribution >= 0.6 is 15.9 Å². The molecule has 0 bridgehead atoms. The molecule has 4 heteroatoms. The number of nitrogens with zero attached hydrogens (tertiary/aromatic N) is 1. The molecule has 1 N–H and O–H groups in total. The monoisotopic (exact) mass is 327 g/mol. The molecular formula is C15H22BrNO2. The van der Waals surface area contributed by atoms with Crippen LogP contribution in [0.15, 0.2) is 28.7 Å². The van der Waals surface area contributed by atoms with E-state index in [1.54, 1.807) is 13.8 Å². The normalized spacial score (nSPS) is 11.8. The maximum atomic E-state index is 11.0. The predicted octanol–water partition coefficient (Wildman–Crippen LogP) is 3.77. The van der Waals surface area contributed by atoms with E-state index in [4.69, 9.17) is 5.11 Å². The number of aliphatic carboxylic acids is 1. The van der Waals surface area contributed by atoms with E-state index in [9.17, 15) is 4.79 Å². The van der Waals surface area contributed by atoms with Gasteiger partial charge in [-0.3, -0.25) is 4.79 Å². The van der Waals surface area contributed by atoms with Crippen molar-refractivity contribution in [1.82, 2.24) is 4.90 Å². The first-order chi connectivity index (χ1) is 8.81. The summed E-state index contributed by atoms with van der Waals surface area (Å²) in [5.41, 5.74) is 0.630. The molecule has 0 amide bonds. The number of benzene rings is 1. The van der Waals surface area contributed by atoms with Crippen molar-refractivity contribution in [2.75, 3.05) is 13.6 Å². The molecule has 0 aliphatic carbocycles. The van der Waals surface area contributed by atoms with Crippen molar-refractivity contribution in [3.05, 3.63) is 34.3 Å². The average molecular weight is 328 g/mol. The largest absolute Gasteiger partial charge is 0.481 e. The highest BCUT2D eigenvalue weighted by Gasteiger charge is 2.26. The summed E-state index contributed by atoms with van der Waals surface area (Å²) in [7, 11) is 2.06. The molecule has 0 saturated heterocycles. The zero-order chi connectivity index (χ0) is 14.5. The average Bonchev–Trinajstić information content (AvgIpc) is 2.28. The predicted molar refractivity (Wildman–Crippen MR) is 81.1 cm³/mol. The number of carbonyl (C=O) groups is 1. The van der Waals surface area contributed by atoms with Gasteiger partial charge in [-0.25, -0.2) is 0 Å². The van der Waals surface area contributed by atoms with E-state index < -0.39 is 11.4 Å². The molecule has 0 atom stereocenters. The molecule has 0 radical (unpaired) electrons. The van der Waals surface area contributed by atoms with E-state index in [1.807, 2.05) is 12.1 Å². The smallest absolute Gasteiger partial charge is 0.309 e. The third kappa shape index (κ3) is 5.74. The molecular weight excluding hydrogens is 306 g/mol. The lowest BCUT2D eigenvalue weighted by Crippen LogP contribution is -2.26. The molecule has 1 rings (SSSR count). The topological polar surface area (TPSA) is 40.5 Å². The lowest BCUT2D eigenvalue weighted by atomic mass is 9.88. The standard InChI is InChI=1S/C15H22BrNO2/c1-15(2,14(18)19)8-5-9-17(3)11-12-6-4-7-13(16)10-12/h4,6-7,10H,5,8-9,11H2,1-3H3,(H,18,19). The van der Waals surface area contributed by atoms with Gasteiger partial charge in [-0.2, -0.15) is 0 Å². The fourth-order valence-corrected chi connectivity index (χ4v) is 2.37. The van der Waals surface area contributed by atoms with E-state index in [0.717, 1.165) is 24.0 Å². The van der Waals surface area contributed by atoms with Gasteiger partial charge >= 0.3 is 5.97 Å². The Morgan fingerprint density at radius 2 is 2.11 bits per heavy atom. The Labute approximate surface area is 123 Å². The Bertz CT molecular complexity index is 432. The Morgan fingerprint density at radius 3 is 2.68 bits per heavy atom. The van der Waals surface area contributed by atoms with Gasteiger partial charge in [-0.15, -0.1) is 0 Å². The molecule has 1 aromatic carbocycles. The Kier molecular flexibility index (Phi) is 6.01. The first kappa shape index (κ1) is 16.2. The molecule has 1 aromatic rings. The summed E-state index contributed by atoms with van der Waals surface area (Å²) in [5, 5.41) is 9.05. The second-order valence-electron chi connectivity index (χ2n) is 5.66. The minimum Gasteiger partial charge on any atom is -0.481 e. The highest BCUT2D eigenvalue weighted by atomic mass is 79.9. The molecule has 3 nitrogen and oxygen atoms in total. The van der Waals surface area contributed by atoms with Crippen molar-refractivity contribution < 1.29 is 9.90 Å². The molecule has 0 saturated carbocycles. The van der Waals surface area contributed by atoms with Crippen molar-refractivity contribution in [2.45, 2.75) is 33.2 Å². The number of hydrogen-bond donors (Lipinski definition) is 1. The summed E-state index contributed by atoms with van der Waals surface area (Å²) in [6.07, 6.45) is 1.59. The van der Waals surface area contributed by atoms with Gasteiger partial charge in [0.05, 0.1) is 5.41 Å². The molecule has 0 heterocycles. The highest BCUT2D eigenvalue weighted by molar-refractivity contribution is 9.10. The number of carboxylic acids is 1. The lowest BCUT2D eigenvalue weighted by molar-refractivity contribution is -0.147. The number of rotatable bonds is 7. The number of halogens is 1. The van der Waals surface area contributed by atoms with Gasteiger partial charge in [0.25, 0.3) is 0 Å². The number of hydrogen-bond acceptors (Lipinski definition) is 2. The second kappa shape index (κ2) is 7.06. The van der Waals surface area contributed by atoms with Crippen molar-refractivity contribution in [3.8, 4) is 0 Å². The summed E-state index contributed by atoms with van der Waals surface area (Å²) < 4.78 is 1.09. The highest BCUT2D eigenvalue weighted by Crippen LogP contribution is 2.22. The van der Waals surface area contributed by atoms with Crippen molar-refractivity contribution in [2.24, 2.45) is 5.41 Å². The van der Waals surface area contributed by atoms with Gasteiger partial charge in [0, 0.05) is 11.0 Å². The summed E-state index contributed by atoms with van der Waals surface area (Å²) >= 11 is 3.46. The number of carboxylic acid groups (broad SMARTS) is 1. The molecule has 0 aromatic heterocycles.